The van der Waals surface area contributed by atoms with Gasteiger partial charge in [0.1, 0.15) is 0 Å². The Morgan fingerprint density at radius 2 is 2.08 bits per heavy atom. The first-order valence-electron chi connectivity index (χ1n) is 9.05. The number of benzene rings is 1. The van der Waals surface area contributed by atoms with Gasteiger partial charge in [0.05, 0.1) is 17.9 Å². The van der Waals surface area contributed by atoms with Crippen molar-refractivity contribution in [1.29, 1.82) is 0 Å². The topological polar surface area (TPSA) is 77.8 Å². The lowest BCUT2D eigenvalue weighted by Crippen LogP contribution is -2.33. The molecule has 5 nitrogen and oxygen atoms in total. The van der Waals surface area contributed by atoms with Gasteiger partial charge in [-0.25, -0.2) is 0 Å². The number of likely N-dealkylation sites (tertiary alicyclic amines) is 1. The van der Waals surface area contributed by atoms with Crippen molar-refractivity contribution in [2.45, 2.75) is 44.2 Å². The van der Waals surface area contributed by atoms with Gasteiger partial charge in [0.25, 0.3) is 0 Å². The fourth-order valence-corrected chi connectivity index (χ4v) is 3.80. The highest BCUT2D eigenvalue weighted by atomic mass is 32.2. The summed E-state index contributed by atoms with van der Waals surface area (Å²) in [5.41, 5.74) is 1.09. The molecule has 1 aromatic rings. The van der Waals surface area contributed by atoms with Crippen LogP contribution >= 0.6 is 11.8 Å². The van der Waals surface area contributed by atoms with E-state index in [1.54, 1.807) is 6.08 Å². The van der Waals surface area contributed by atoms with Crippen LogP contribution in [0.2, 0.25) is 0 Å². The molecule has 0 aliphatic carbocycles. The van der Waals surface area contributed by atoms with E-state index in [-0.39, 0.29) is 17.7 Å². The molecular formula is C20H27NO4S. The largest absolute Gasteiger partial charge is 0.481 e. The van der Waals surface area contributed by atoms with Gasteiger partial charge in [-0.2, -0.15) is 11.8 Å². The molecule has 0 radical (unpaired) electrons. The van der Waals surface area contributed by atoms with Crippen LogP contribution in [0.5, 0.6) is 0 Å². The maximum atomic E-state index is 12.1. The number of carbonyl (C=O) groups is 2. The van der Waals surface area contributed by atoms with E-state index in [0.717, 1.165) is 30.6 Å². The average molecular weight is 378 g/mol. The summed E-state index contributed by atoms with van der Waals surface area (Å²) >= 11 is 1.41. The SMILES string of the molecule is O=C(O)CSCCCCN1C(=O)CC[C@H]1/C=C/C(O)Cc1ccccc1. The number of nitrogens with zero attached hydrogens (tertiary/aromatic N) is 1. The number of aliphatic hydroxyl groups excluding tert-OH is 1. The predicted octanol–water partition coefficient (Wildman–Crippen LogP) is 2.74. The smallest absolute Gasteiger partial charge is 0.313 e. The summed E-state index contributed by atoms with van der Waals surface area (Å²) in [5, 5.41) is 18.8. The number of carboxylic acid groups (broad SMARTS) is 1. The fraction of sp³-hybridized carbons (Fsp3) is 0.500. The first-order valence-corrected chi connectivity index (χ1v) is 10.2. The molecule has 2 rings (SSSR count). The highest BCUT2D eigenvalue weighted by Gasteiger charge is 2.28. The number of hydrogen-bond acceptors (Lipinski definition) is 4. The second-order valence-electron chi connectivity index (χ2n) is 6.49. The van der Waals surface area contributed by atoms with E-state index in [1.165, 1.54) is 11.8 Å². The van der Waals surface area contributed by atoms with Gasteiger partial charge >= 0.3 is 5.97 Å². The molecule has 1 aromatic carbocycles. The molecule has 142 valence electrons. The van der Waals surface area contributed by atoms with Crippen molar-refractivity contribution in [3.8, 4) is 0 Å². The molecule has 2 N–H and O–H groups in total. The van der Waals surface area contributed by atoms with E-state index in [0.29, 0.717) is 19.4 Å². The Balaban J connectivity index is 1.74. The highest BCUT2D eigenvalue weighted by molar-refractivity contribution is 7.99. The molecule has 1 aliphatic heterocycles. The minimum atomic E-state index is -0.788. The van der Waals surface area contributed by atoms with Crippen LogP contribution in [0, 0.1) is 0 Å². The normalized spacial score (nSPS) is 18.6. The highest BCUT2D eigenvalue weighted by Crippen LogP contribution is 2.21. The van der Waals surface area contributed by atoms with Crippen LogP contribution < -0.4 is 0 Å². The number of hydrogen-bond donors (Lipinski definition) is 2. The van der Waals surface area contributed by atoms with Crippen LogP contribution in [0.3, 0.4) is 0 Å². The third kappa shape index (κ3) is 7.22. The van der Waals surface area contributed by atoms with E-state index in [1.807, 2.05) is 41.3 Å². The number of aliphatic carboxylic acids is 1. The van der Waals surface area contributed by atoms with Gasteiger partial charge < -0.3 is 15.1 Å². The first kappa shape index (κ1) is 20.5. The Bertz CT molecular complexity index is 605. The Morgan fingerprint density at radius 3 is 2.81 bits per heavy atom. The van der Waals surface area contributed by atoms with Crippen molar-refractivity contribution in [2.24, 2.45) is 0 Å². The van der Waals surface area contributed by atoms with Crippen LogP contribution in [-0.4, -0.2) is 57.2 Å². The van der Waals surface area contributed by atoms with Gasteiger partial charge in [-0.15, -0.1) is 0 Å². The van der Waals surface area contributed by atoms with Gasteiger partial charge in [-0.1, -0.05) is 42.5 Å². The third-order valence-corrected chi connectivity index (χ3v) is 5.41. The van der Waals surface area contributed by atoms with Crippen LogP contribution in [-0.2, 0) is 16.0 Å². The molecule has 1 heterocycles. The minimum absolute atomic E-state index is 0.0552. The summed E-state index contributed by atoms with van der Waals surface area (Å²) in [6, 6.07) is 9.90. The van der Waals surface area contributed by atoms with Crippen molar-refractivity contribution < 1.29 is 19.8 Å². The second kappa shape index (κ2) is 11.0. The zero-order chi connectivity index (χ0) is 18.8. The summed E-state index contributed by atoms with van der Waals surface area (Å²) in [6.07, 6.45) is 6.88. The number of carbonyl (C=O) groups excluding carboxylic acids is 1. The van der Waals surface area contributed by atoms with Crippen molar-refractivity contribution in [3.63, 3.8) is 0 Å². The maximum absolute atomic E-state index is 12.1. The molecule has 0 saturated carbocycles. The van der Waals surface area contributed by atoms with Crippen molar-refractivity contribution in [3.05, 3.63) is 48.0 Å². The molecule has 1 unspecified atom stereocenters. The van der Waals surface area contributed by atoms with Crippen molar-refractivity contribution >= 4 is 23.6 Å². The standard InChI is InChI=1S/C20H27NO4S/c22-18(14-16-6-2-1-3-7-16)10-8-17-9-11-19(23)21(17)12-4-5-13-26-15-20(24)25/h1-3,6-8,10,17-18,22H,4-5,9,11-15H2,(H,24,25)/b10-8+/t17-,18?/m1/s1. The van der Waals surface area contributed by atoms with E-state index in [4.69, 9.17) is 5.11 Å². The van der Waals surface area contributed by atoms with Gasteiger partial charge in [-0.05, 0) is 30.6 Å². The Labute approximate surface area is 159 Å². The third-order valence-electron chi connectivity index (χ3n) is 4.38. The number of unbranched alkanes of at least 4 members (excludes halogenated alkanes) is 1. The maximum Gasteiger partial charge on any atom is 0.313 e. The van der Waals surface area contributed by atoms with Gasteiger partial charge in [0.2, 0.25) is 5.91 Å². The van der Waals surface area contributed by atoms with Crippen LogP contribution in [0.15, 0.2) is 42.5 Å². The number of thioether (sulfide) groups is 1. The quantitative estimate of drug-likeness (QED) is 0.458. The molecule has 0 bridgehead atoms. The summed E-state index contributed by atoms with van der Waals surface area (Å²) in [7, 11) is 0. The number of rotatable bonds is 11. The summed E-state index contributed by atoms with van der Waals surface area (Å²) in [5.74, 6) is 0.303. The van der Waals surface area contributed by atoms with Crippen LogP contribution in [0.4, 0.5) is 0 Å². The molecule has 0 aromatic heterocycles. The Morgan fingerprint density at radius 1 is 1.31 bits per heavy atom. The number of amides is 1. The molecular weight excluding hydrogens is 350 g/mol. The monoisotopic (exact) mass is 377 g/mol. The van der Waals surface area contributed by atoms with Crippen molar-refractivity contribution in [2.75, 3.05) is 18.1 Å². The van der Waals surface area contributed by atoms with E-state index < -0.39 is 12.1 Å². The van der Waals surface area contributed by atoms with E-state index >= 15 is 0 Å². The average Bonchev–Trinajstić information content (AvgIpc) is 2.97. The lowest BCUT2D eigenvalue weighted by Gasteiger charge is -2.22. The molecule has 1 aliphatic rings. The number of carboxylic acids is 1. The van der Waals surface area contributed by atoms with Gasteiger partial charge in [-0.3, -0.25) is 9.59 Å². The minimum Gasteiger partial charge on any atom is -0.481 e. The molecule has 1 saturated heterocycles. The fourth-order valence-electron chi connectivity index (χ4n) is 3.07. The first-order chi connectivity index (χ1) is 12.6. The van der Waals surface area contributed by atoms with E-state index in [9.17, 15) is 14.7 Å². The van der Waals surface area contributed by atoms with Crippen LogP contribution in [0.1, 0.15) is 31.2 Å². The summed E-state index contributed by atoms with van der Waals surface area (Å²) < 4.78 is 0. The predicted molar refractivity (Wildman–Crippen MR) is 104 cm³/mol. The molecule has 6 heteroatoms. The molecule has 26 heavy (non-hydrogen) atoms. The molecule has 1 fully saturated rings. The summed E-state index contributed by atoms with van der Waals surface area (Å²) in [4.78, 5) is 24.4. The zero-order valence-corrected chi connectivity index (χ0v) is 15.7. The lowest BCUT2D eigenvalue weighted by molar-refractivity contribution is -0.134. The van der Waals surface area contributed by atoms with E-state index in [2.05, 4.69) is 0 Å². The molecule has 0 spiro atoms. The van der Waals surface area contributed by atoms with Crippen LogP contribution in [0.25, 0.3) is 0 Å². The molecule has 1 amide bonds. The Kier molecular flexibility index (Phi) is 8.71. The zero-order valence-electron chi connectivity index (χ0n) is 14.9. The lowest BCUT2D eigenvalue weighted by atomic mass is 10.1. The van der Waals surface area contributed by atoms with Crippen molar-refractivity contribution in [1.82, 2.24) is 4.90 Å². The molecule has 2 atom stereocenters. The Hall–Kier alpha value is -1.79. The van der Waals surface area contributed by atoms with Gasteiger partial charge in [0.15, 0.2) is 0 Å². The second-order valence-corrected chi connectivity index (χ2v) is 7.59. The number of aliphatic hydroxyl groups is 1. The summed E-state index contributed by atoms with van der Waals surface area (Å²) in [6.45, 7) is 0.691. The van der Waals surface area contributed by atoms with Gasteiger partial charge in [0, 0.05) is 19.4 Å².